The maximum Gasteiger partial charge on any atom is 0.223 e. The SMILES string of the molecule is C[C@H](Nc1ncnc2[nH]cnc12)c1cc2cccc(Cl)c2c(OCCN2CCCC2)n1. The highest BCUT2D eigenvalue weighted by Crippen LogP contribution is 2.33. The highest BCUT2D eigenvalue weighted by Gasteiger charge is 2.17. The lowest BCUT2D eigenvalue weighted by Crippen LogP contribution is -2.25. The first-order valence-electron chi connectivity index (χ1n) is 10.5. The van der Waals surface area contributed by atoms with Crippen molar-refractivity contribution in [2.24, 2.45) is 0 Å². The Kier molecular flexibility index (Phi) is 5.57. The van der Waals surface area contributed by atoms with Crippen molar-refractivity contribution in [1.29, 1.82) is 0 Å². The number of aromatic nitrogens is 5. The number of nitrogens with zero attached hydrogens (tertiary/aromatic N) is 5. The van der Waals surface area contributed by atoms with Gasteiger partial charge in [-0.3, -0.25) is 4.90 Å². The number of likely N-dealkylation sites (tertiary alicyclic amines) is 1. The maximum atomic E-state index is 6.51. The summed E-state index contributed by atoms with van der Waals surface area (Å²) in [6.45, 7) is 5.79. The number of hydrogen-bond donors (Lipinski definition) is 2. The van der Waals surface area contributed by atoms with Gasteiger partial charge in [0.15, 0.2) is 11.5 Å². The predicted octanol–water partition coefficient (Wildman–Crippen LogP) is 4.20. The molecule has 9 heteroatoms. The smallest absolute Gasteiger partial charge is 0.223 e. The fraction of sp³-hybridized carbons (Fsp3) is 0.364. The van der Waals surface area contributed by atoms with Crippen molar-refractivity contribution in [3.8, 4) is 5.88 Å². The number of benzene rings is 1. The molecule has 1 fully saturated rings. The van der Waals surface area contributed by atoms with Crippen molar-refractivity contribution in [2.75, 3.05) is 31.6 Å². The van der Waals surface area contributed by atoms with Gasteiger partial charge in [0, 0.05) is 6.54 Å². The molecular formula is C22H24ClN7O. The fourth-order valence-corrected chi connectivity index (χ4v) is 4.27. The summed E-state index contributed by atoms with van der Waals surface area (Å²) >= 11 is 6.51. The van der Waals surface area contributed by atoms with Gasteiger partial charge in [-0.25, -0.2) is 19.9 Å². The van der Waals surface area contributed by atoms with E-state index in [1.165, 1.54) is 19.2 Å². The quantitative estimate of drug-likeness (QED) is 0.447. The number of pyridine rings is 1. The number of ether oxygens (including phenoxy) is 1. The number of halogens is 1. The minimum atomic E-state index is -0.126. The Morgan fingerprint density at radius 2 is 2.10 bits per heavy atom. The van der Waals surface area contributed by atoms with E-state index in [-0.39, 0.29) is 6.04 Å². The summed E-state index contributed by atoms with van der Waals surface area (Å²) in [7, 11) is 0. The molecule has 160 valence electrons. The Morgan fingerprint density at radius 3 is 2.97 bits per heavy atom. The van der Waals surface area contributed by atoms with Crippen molar-refractivity contribution >= 4 is 39.4 Å². The summed E-state index contributed by atoms with van der Waals surface area (Å²) < 4.78 is 6.15. The average molecular weight is 438 g/mol. The van der Waals surface area contributed by atoms with Crippen LogP contribution in [0.3, 0.4) is 0 Å². The zero-order chi connectivity index (χ0) is 21.2. The van der Waals surface area contributed by atoms with Crippen molar-refractivity contribution in [2.45, 2.75) is 25.8 Å². The molecule has 5 rings (SSSR count). The van der Waals surface area contributed by atoms with Gasteiger partial charge in [-0.1, -0.05) is 23.7 Å². The zero-order valence-electron chi connectivity index (χ0n) is 17.3. The van der Waals surface area contributed by atoms with Crippen LogP contribution in [0, 0.1) is 0 Å². The van der Waals surface area contributed by atoms with E-state index in [1.54, 1.807) is 6.33 Å². The van der Waals surface area contributed by atoms with E-state index >= 15 is 0 Å². The normalized spacial score (nSPS) is 15.5. The number of rotatable bonds is 7. The number of H-pyrrole nitrogens is 1. The van der Waals surface area contributed by atoms with Crippen LogP contribution in [0.25, 0.3) is 21.9 Å². The van der Waals surface area contributed by atoms with Crippen LogP contribution < -0.4 is 10.1 Å². The van der Waals surface area contributed by atoms with Crippen molar-refractivity contribution in [3.05, 3.63) is 47.6 Å². The second kappa shape index (κ2) is 8.64. The van der Waals surface area contributed by atoms with Crippen LogP contribution >= 0.6 is 11.6 Å². The molecule has 0 bridgehead atoms. The third kappa shape index (κ3) is 4.13. The Labute approximate surface area is 185 Å². The van der Waals surface area contributed by atoms with Gasteiger partial charge in [0.05, 0.1) is 28.5 Å². The highest BCUT2D eigenvalue weighted by molar-refractivity contribution is 6.36. The number of fused-ring (bicyclic) bond motifs is 2. The lowest BCUT2D eigenvalue weighted by Gasteiger charge is -2.19. The highest BCUT2D eigenvalue weighted by atomic mass is 35.5. The van der Waals surface area contributed by atoms with Crippen molar-refractivity contribution in [3.63, 3.8) is 0 Å². The third-order valence-corrected chi connectivity index (χ3v) is 5.97. The Morgan fingerprint density at radius 1 is 1.23 bits per heavy atom. The molecular weight excluding hydrogens is 414 g/mol. The standard InChI is InChI=1S/C22H24ClN7O/c1-14(28-21-19-20(25-12-24-19)26-13-27-21)17-11-15-5-4-6-16(23)18(15)22(29-17)31-10-9-30-7-2-3-8-30/h4-6,11-14H,2-3,7-10H2,1H3,(H2,24,25,26,27,28)/t14-/m0/s1. The summed E-state index contributed by atoms with van der Waals surface area (Å²) in [4.78, 5) is 23.1. The van der Waals surface area contributed by atoms with E-state index in [9.17, 15) is 0 Å². The monoisotopic (exact) mass is 437 g/mol. The summed E-state index contributed by atoms with van der Waals surface area (Å²) in [5.41, 5.74) is 2.22. The molecule has 1 aliphatic heterocycles. The van der Waals surface area contributed by atoms with Crippen LogP contribution in [-0.4, -0.2) is 56.1 Å². The van der Waals surface area contributed by atoms with Gasteiger partial charge < -0.3 is 15.0 Å². The van der Waals surface area contributed by atoms with Gasteiger partial charge >= 0.3 is 0 Å². The van der Waals surface area contributed by atoms with Gasteiger partial charge in [0.2, 0.25) is 5.88 Å². The number of aromatic amines is 1. The second-order valence-electron chi connectivity index (χ2n) is 7.78. The molecule has 1 atom stereocenters. The van der Waals surface area contributed by atoms with E-state index < -0.39 is 0 Å². The van der Waals surface area contributed by atoms with E-state index in [4.69, 9.17) is 21.3 Å². The van der Waals surface area contributed by atoms with Crippen LogP contribution in [0.5, 0.6) is 5.88 Å². The molecule has 4 heterocycles. The van der Waals surface area contributed by atoms with Crippen molar-refractivity contribution < 1.29 is 4.74 Å². The largest absolute Gasteiger partial charge is 0.476 e. The van der Waals surface area contributed by atoms with E-state index in [0.29, 0.717) is 34.5 Å². The first kappa shape index (κ1) is 20.0. The maximum absolute atomic E-state index is 6.51. The molecule has 4 aromatic rings. The Bertz CT molecular complexity index is 1210. The lowest BCUT2D eigenvalue weighted by atomic mass is 10.1. The van der Waals surface area contributed by atoms with Crippen LogP contribution in [-0.2, 0) is 0 Å². The van der Waals surface area contributed by atoms with Crippen LogP contribution in [0.4, 0.5) is 5.82 Å². The Hall–Kier alpha value is -2.97. The van der Waals surface area contributed by atoms with E-state index in [2.05, 4.69) is 30.2 Å². The van der Waals surface area contributed by atoms with Gasteiger partial charge in [0.25, 0.3) is 0 Å². The molecule has 8 nitrogen and oxygen atoms in total. The summed E-state index contributed by atoms with van der Waals surface area (Å²) in [6.07, 6.45) is 5.64. The summed E-state index contributed by atoms with van der Waals surface area (Å²) in [6, 6.07) is 7.76. The first-order chi connectivity index (χ1) is 15.2. The average Bonchev–Trinajstić information content (AvgIpc) is 3.46. The molecule has 1 aliphatic rings. The molecule has 0 spiro atoms. The lowest BCUT2D eigenvalue weighted by molar-refractivity contribution is 0.233. The third-order valence-electron chi connectivity index (χ3n) is 5.65. The zero-order valence-corrected chi connectivity index (χ0v) is 18.1. The number of anilines is 1. The molecule has 0 unspecified atom stereocenters. The number of nitrogens with one attached hydrogen (secondary N) is 2. The topological polar surface area (TPSA) is 91.9 Å². The van der Waals surface area contributed by atoms with Gasteiger partial charge in [-0.15, -0.1) is 0 Å². The summed E-state index contributed by atoms with van der Waals surface area (Å²) in [5.74, 6) is 1.22. The molecule has 0 radical (unpaired) electrons. The molecule has 1 aromatic carbocycles. The predicted molar refractivity (Wildman–Crippen MR) is 122 cm³/mol. The number of imidazole rings is 1. The molecule has 0 amide bonds. The fourth-order valence-electron chi connectivity index (χ4n) is 4.00. The molecule has 1 saturated heterocycles. The van der Waals surface area contributed by atoms with Crippen LogP contribution in [0.2, 0.25) is 5.02 Å². The van der Waals surface area contributed by atoms with Crippen LogP contribution in [0.1, 0.15) is 31.5 Å². The summed E-state index contributed by atoms with van der Waals surface area (Å²) in [5, 5.41) is 5.88. The minimum absolute atomic E-state index is 0.126. The van der Waals surface area contributed by atoms with Gasteiger partial charge in [-0.05, 0) is 50.4 Å². The minimum Gasteiger partial charge on any atom is -0.476 e. The van der Waals surface area contributed by atoms with Gasteiger partial charge in [-0.2, -0.15) is 0 Å². The Balaban J connectivity index is 1.43. The molecule has 0 saturated carbocycles. The van der Waals surface area contributed by atoms with Crippen LogP contribution in [0.15, 0.2) is 36.9 Å². The second-order valence-corrected chi connectivity index (χ2v) is 8.18. The molecule has 2 N–H and O–H groups in total. The molecule has 31 heavy (non-hydrogen) atoms. The number of hydrogen-bond acceptors (Lipinski definition) is 7. The molecule has 0 aliphatic carbocycles. The van der Waals surface area contributed by atoms with E-state index in [0.717, 1.165) is 36.1 Å². The first-order valence-corrected chi connectivity index (χ1v) is 10.9. The van der Waals surface area contributed by atoms with E-state index in [1.807, 2.05) is 31.2 Å². The van der Waals surface area contributed by atoms with Gasteiger partial charge in [0.1, 0.15) is 18.5 Å². The van der Waals surface area contributed by atoms with Crippen molar-refractivity contribution in [1.82, 2.24) is 29.8 Å². The molecule has 3 aromatic heterocycles.